The molecule has 0 bridgehead atoms. The van der Waals surface area contributed by atoms with E-state index in [0.29, 0.717) is 29.1 Å². The number of fused-ring (bicyclic) bond motifs is 2. The third-order valence-electron chi connectivity index (χ3n) is 6.56. The van der Waals surface area contributed by atoms with Crippen LogP contribution in [0.3, 0.4) is 0 Å². The molecule has 3 aromatic rings. The highest BCUT2D eigenvalue weighted by Gasteiger charge is 2.42. The van der Waals surface area contributed by atoms with Crippen LogP contribution in [0.25, 0.3) is 0 Å². The molecule has 0 aliphatic heterocycles. The molecule has 1 aliphatic rings. The second kappa shape index (κ2) is 10.1. The molecule has 0 saturated heterocycles. The Morgan fingerprint density at radius 3 is 2.03 bits per heavy atom. The summed E-state index contributed by atoms with van der Waals surface area (Å²) < 4.78 is 4.14. The number of carbonyl (C=O) groups excluding carboxylic acids is 2. The summed E-state index contributed by atoms with van der Waals surface area (Å²) in [6.45, 7) is 5.62. The highest BCUT2D eigenvalue weighted by atomic mass is 16.1. The lowest BCUT2D eigenvalue weighted by Gasteiger charge is -2.13. The van der Waals surface area contributed by atoms with Crippen LogP contribution >= 0.6 is 0 Å². The van der Waals surface area contributed by atoms with Crippen molar-refractivity contribution in [1.29, 1.82) is 0 Å². The highest BCUT2D eigenvalue weighted by Crippen LogP contribution is 2.27. The topological polar surface area (TPSA) is 43.0 Å². The molecule has 4 rings (SSSR count). The predicted molar refractivity (Wildman–Crippen MR) is 126 cm³/mol. The Bertz CT molecular complexity index is 1110. The van der Waals surface area contributed by atoms with Gasteiger partial charge in [-0.2, -0.15) is 0 Å². The fraction of sp³-hybridized carbons (Fsp3) is 0.393. The molecule has 1 aliphatic carbocycles. The Hall–Kier alpha value is -3.01. The van der Waals surface area contributed by atoms with E-state index in [9.17, 15) is 9.59 Å². The minimum absolute atomic E-state index is 0.0342. The molecular weight excluding hydrogens is 396 g/mol. The molecule has 1 heterocycles. The van der Waals surface area contributed by atoms with E-state index in [1.54, 1.807) is 12.1 Å². The van der Waals surface area contributed by atoms with Crippen molar-refractivity contribution in [3.05, 3.63) is 88.5 Å². The molecule has 0 unspecified atom stereocenters. The summed E-state index contributed by atoms with van der Waals surface area (Å²) in [7, 11) is 0. The van der Waals surface area contributed by atoms with Crippen molar-refractivity contribution in [2.45, 2.75) is 71.9 Å². The quantitative estimate of drug-likeness (QED) is 0.241. The van der Waals surface area contributed by atoms with Gasteiger partial charge in [0.15, 0.2) is 0 Å². The highest BCUT2D eigenvalue weighted by molar-refractivity contribution is 6.26. The largest absolute Gasteiger partial charge is 0.284 e. The number of unbranched alkanes of at least 4 members (excludes halogenated alkanes) is 6. The maximum absolute atomic E-state index is 13.5. The number of carbonyl (C=O) groups is 2. The lowest BCUT2D eigenvalue weighted by atomic mass is 9.90. The first-order chi connectivity index (χ1) is 15.6. The van der Waals surface area contributed by atoms with Crippen molar-refractivity contribution in [3.63, 3.8) is 0 Å². The van der Waals surface area contributed by atoms with Gasteiger partial charge in [0.25, 0.3) is 5.82 Å². The van der Waals surface area contributed by atoms with Crippen molar-refractivity contribution in [1.82, 2.24) is 4.57 Å². The van der Waals surface area contributed by atoms with E-state index in [1.807, 2.05) is 41.8 Å². The van der Waals surface area contributed by atoms with Gasteiger partial charge in [-0.15, -0.1) is 0 Å². The Morgan fingerprint density at radius 2 is 1.34 bits per heavy atom. The van der Waals surface area contributed by atoms with Crippen molar-refractivity contribution >= 4 is 11.6 Å². The van der Waals surface area contributed by atoms with E-state index in [2.05, 4.69) is 23.6 Å². The molecule has 0 atom stereocenters. The molecule has 2 aromatic carbocycles. The predicted octanol–water partition coefficient (Wildman–Crippen LogP) is 5.66. The summed E-state index contributed by atoms with van der Waals surface area (Å²) in [5, 5.41) is 0. The van der Waals surface area contributed by atoms with Crippen LogP contribution < -0.4 is 4.57 Å². The Morgan fingerprint density at radius 1 is 0.750 bits per heavy atom. The average molecular weight is 430 g/mol. The first-order valence-electron chi connectivity index (χ1n) is 12.0. The van der Waals surface area contributed by atoms with Gasteiger partial charge < -0.3 is 0 Å². The number of nitrogens with zero attached hydrogens (tertiary/aromatic N) is 2. The first-order valence-corrected chi connectivity index (χ1v) is 12.0. The molecule has 0 radical (unpaired) electrons. The second-order valence-electron chi connectivity index (χ2n) is 8.79. The molecule has 4 heteroatoms. The number of benzene rings is 2. The molecule has 32 heavy (non-hydrogen) atoms. The van der Waals surface area contributed by atoms with Crippen LogP contribution in [0, 0.1) is 6.92 Å². The van der Waals surface area contributed by atoms with Crippen LogP contribution in [0.2, 0.25) is 0 Å². The molecule has 0 saturated carbocycles. The summed E-state index contributed by atoms with van der Waals surface area (Å²) in [4.78, 5) is 27.0. The van der Waals surface area contributed by atoms with E-state index >= 15 is 0 Å². The van der Waals surface area contributed by atoms with Crippen LogP contribution in [0.5, 0.6) is 0 Å². The van der Waals surface area contributed by atoms with Gasteiger partial charge in [0, 0.05) is 18.1 Å². The minimum Gasteiger partial charge on any atom is -0.284 e. The lowest BCUT2D eigenvalue weighted by molar-refractivity contribution is -0.695. The van der Waals surface area contributed by atoms with Crippen LogP contribution in [0.15, 0.2) is 54.6 Å². The summed E-state index contributed by atoms with van der Waals surface area (Å²) in [5.41, 5.74) is 3.26. The van der Waals surface area contributed by atoms with Gasteiger partial charge in [0.2, 0.25) is 23.0 Å². The number of ketones is 2. The zero-order valence-corrected chi connectivity index (χ0v) is 19.3. The van der Waals surface area contributed by atoms with Crippen molar-refractivity contribution in [3.8, 4) is 0 Å². The SMILES string of the molecule is CCCCCCCCCn1c2c([n+](Cc3ccccc3)c1C)C(=O)c1ccccc1C2=O. The van der Waals surface area contributed by atoms with Crippen LogP contribution in [-0.2, 0) is 13.1 Å². The Labute approximate surface area is 190 Å². The van der Waals surface area contributed by atoms with Gasteiger partial charge in [0.05, 0.1) is 6.54 Å². The minimum atomic E-state index is -0.0486. The maximum Gasteiger partial charge on any atom is 0.254 e. The van der Waals surface area contributed by atoms with Crippen LogP contribution in [-0.4, -0.2) is 16.1 Å². The second-order valence-corrected chi connectivity index (χ2v) is 8.79. The molecular formula is C28H33N2O2+. The number of aromatic nitrogens is 2. The molecule has 0 amide bonds. The van der Waals surface area contributed by atoms with Gasteiger partial charge in [-0.05, 0) is 18.4 Å². The summed E-state index contributed by atoms with van der Waals surface area (Å²) >= 11 is 0. The third-order valence-corrected chi connectivity index (χ3v) is 6.56. The Balaban J connectivity index is 1.66. The summed E-state index contributed by atoms with van der Waals surface area (Å²) in [6, 6.07) is 17.4. The smallest absolute Gasteiger partial charge is 0.254 e. The van der Waals surface area contributed by atoms with Gasteiger partial charge in [-0.3, -0.25) is 9.59 Å². The van der Waals surface area contributed by atoms with Crippen LogP contribution in [0.1, 0.15) is 95.4 Å². The van der Waals surface area contributed by atoms with Gasteiger partial charge in [-0.1, -0.05) is 93.6 Å². The lowest BCUT2D eigenvalue weighted by Crippen LogP contribution is -2.43. The maximum atomic E-state index is 13.5. The van der Waals surface area contributed by atoms with E-state index in [0.717, 1.165) is 30.8 Å². The van der Waals surface area contributed by atoms with E-state index < -0.39 is 0 Å². The Kier molecular flexibility index (Phi) is 6.99. The van der Waals surface area contributed by atoms with Gasteiger partial charge in [-0.25, -0.2) is 9.13 Å². The molecule has 1 aromatic heterocycles. The zero-order valence-electron chi connectivity index (χ0n) is 19.3. The fourth-order valence-electron chi connectivity index (χ4n) is 4.78. The molecule has 0 spiro atoms. The zero-order chi connectivity index (χ0) is 22.5. The normalized spacial score (nSPS) is 12.7. The molecule has 0 fully saturated rings. The van der Waals surface area contributed by atoms with Crippen molar-refractivity contribution < 1.29 is 14.2 Å². The first kappa shape index (κ1) is 22.2. The number of imidazole rings is 1. The van der Waals surface area contributed by atoms with Crippen molar-refractivity contribution in [2.24, 2.45) is 0 Å². The van der Waals surface area contributed by atoms with Crippen LogP contribution in [0.4, 0.5) is 0 Å². The van der Waals surface area contributed by atoms with E-state index in [4.69, 9.17) is 0 Å². The average Bonchev–Trinajstić information content (AvgIpc) is 3.09. The van der Waals surface area contributed by atoms with Crippen molar-refractivity contribution in [2.75, 3.05) is 0 Å². The molecule has 4 nitrogen and oxygen atoms in total. The van der Waals surface area contributed by atoms with Gasteiger partial charge in [0.1, 0.15) is 6.54 Å². The van der Waals surface area contributed by atoms with E-state index in [1.165, 1.54) is 32.1 Å². The number of hydrogen-bond donors (Lipinski definition) is 0. The number of hydrogen-bond acceptors (Lipinski definition) is 2. The summed E-state index contributed by atoms with van der Waals surface area (Å²) in [5.74, 6) is 0.889. The fourth-order valence-corrected chi connectivity index (χ4v) is 4.78. The molecule has 166 valence electrons. The van der Waals surface area contributed by atoms with Gasteiger partial charge >= 0.3 is 0 Å². The summed E-state index contributed by atoms with van der Waals surface area (Å²) in [6.07, 6.45) is 8.52. The standard InChI is InChI=1S/C28H33N2O2/c1-3-4-5-6-7-8-14-19-29-21(2)30(20-22-15-10-9-11-16-22)26-25(29)27(31)23-17-12-13-18-24(23)28(26)32/h9-13,15-18H,3-8,14,19-20H2,1-2H3/q+1. The third kappa shape index (κ3) is 4.32. The molecule has 0 N–H and O–H groups in total. The van der Waals surface area contributed by atoms with E-state index in [-0.39, 0.29) is 11.6 Å². The monoisotopic (exact) mass is 429 g/mol. The number of rotatable bonds is 10.